The standard InChI is InChI=1S/C11H15ClN4O2S/c1-4-15-7-13-5-10(15)6-16-9(3)11(8(2)14-16)19(12,17)18/h5,7H,4,6H2,1-3H3. The van der Waals surface area contributed by atoms with E-state index >= 15 is 0 Å². The fraction of sp³-hybridized carbons (Fsp3) is 0.455. The largest absolute Gasteiger partial charge is 0.333 e. The minimum atomic E-state index is -3.77. The average molecular weight is 303 g/mol. The molecule has 0 atom stereocenters. The lowest BCUT2D eigenvalue weighted by atomic mass is 10.4. The zero-order chi connectivity index (χ0) is 14.2. The summed E-state index contributed by atoms with van der Waals surface area (Å²) in [5, 5.41) is 4.24. The van der Waals surface area contributed by atoms with Crippen molar-refractivity contribution in [3.63, 3.8) is 0 Å². The lowest BCUT2D eigenvalue weighted by molar-refractivity contribution is 0.600. The number of aryl methyl sites for hydroxylation is 2. The fourth-order valence-corrected chi connectivity index (χ4v) is 3.63. The topological polar surface area (TPSA) is 69.8 Å². The predicted molar refractivity (Wildman–Crippen MR) is 71.7 cm³/mol. The van der Waals surface area contributed by atoms with E-state index in [1.165, 1.54) is 0 Å². The molecule has 2 aromatic heterocycles. The number of rotatable bonds is 4. The van der Waals surface area contributed by atoms with Crippen molar-refractivity contribution in [1.29, 1.82) is 0 Å². The van der Waals surface area contributed by atoms with Crippen LogP contribution in [0.2, 0.25) is 0 Å². The third-order valence-corrected chi connectivity index (χ3v) is 4.55. The molecule has 0 aliphatic heterocycles. The van der Waals surface area contributed by atoms with E-state index in [0.29, 0.717) is 17.9 Å². The summed E-state index contributed by atoms with van der Waals surface area (Å²) in [6.45, 7) is 6.61. The minimum absolute atomic E-state index is 0.0942. The maximum absolute atomic E-state index is 11.5. The number of aromatic nitrogens is 4. The number of hydrogen-bond acceptors (Lipinski definition) is 4. The molecule has 6 nitrogen and oxygen atoms in total. The zero-order valence-corrected chi connectivity index (χ0v) is 12.5. The summed E-state index contributed by atoms with van der Waals surface area (Å²) in [4.78, 5) is 4.17. The summed E-state index contributed by atoms with van der Waals surface area (Å²) in [5.74, 6) is 0. The van der Waals surface area contributed by atoms with Gasteiger partial charge in [-0.05, 0) is 20.8 Å². The van der Waals surface area contributed by atoms with Crippen LogP contribution in [0.15, 0.2) is 17.4 Å². The molecule has 0 spiro atoms. The van der Waals surface area contributed by atoms with Crippen LogP contribution in [0.4, 0.5) is 0 Å². The van der Waals surface area contributed by atoms with Gasteiger partial charge in [-0.2, -0.15) is 5.10 Å². The lowest BCUT2D eigenvalue weighted by Crippen LogP contribution is -2.09. The number of nitrogens with zero attached hydrogens (tertiary/aromatic N) is 4. The van der Waals surface area contributed by atoms with E-state index in [0.717, 1.165) is 12.2 Å². The van der Waals surface area contributed by atoms with Crippen molar-refractivity contribution in [1.82, 2.24) is 19.3 Å². The Labute approximate surface area is 116 Å². The Hall–Kier alpha value is -1.34. The van der Waals surface area contributed by atoms with E-state index in [1.807, 2.05) is 11.5 Å². The second-order valence-electron chi connectivity index (χ2n) is 4.27. The van der Waals surface area contributed by atoms with Crippen LogP contribution in [0.1, 0.15) is 24.0 Å². The van der Waals surface area contributed by atoms with Crippen molar-refractivity contribution in [2.24, 2.45) is 0 Å². The van der Waals surface area contributed by atoms with Gasteiger partial charge in [0.2, 0.25) is 0 Å². The van der Waals surface area contributed by atoms with Gasteiger partial charge in [-0.25, -0.2) is 13.4 Å². The van der Waals surface area contributed by atoms with Gasteiger partial charge in [0.25, 0.3) is 9.05 Å². The Kier molecular flexibility index (Phi) is 3.69. The molecule has 2 heterocycles. The van der Waals surface area contributed by atoms with Gasteiger partial charge in [0, 0.05) is 17.2 Å². The first-order chi connectivity index (χ1) is 8.84. The van der Waals surface area contributed by atoms with Crippen LogP contribution in [0, 0.1) is 13.8 Å². The minimum Gasteiger partial charge on any atom is -0.333 e. The molecule has 0 saturated heterocycles. The summed E-state index contributed by atoms with van der Waals surface area (Å²) in [6, 6.07) is 0. The summed E-state index contributed by atoms with van der Waals surface area (Å²) in [7, 11) is 1.65. The van der Waals surface area contributed by atoms with Gasteiger partial charge in [-0.15, -0.1) is 0 Å². The highest BCUT2D eigenvalue weighted by Crippen LogP contribution is 2.23. The first-order valence-corrected chi connectivity index (χ1v) is 8.13. The second kappa shape index (κ2) is 4.97. The van der Waals surface area contributed by atoms with Gasteiger partial charge in [0.05, 0.1) is 36.2 Å². The third-order valence-electron chi connectivity index (χ3n) is 3.01. The molecule has 0 fully saturated rings. The highest BCUT2D eigenvalue weighted by atomic mass is 35.7. The van der Waals surface area contributed by atoms with Crippen LogP contribution in [0.25, 0.3) is 0 Å². The molecule has 0 saturated carbocycles. The molecule has 0 aromatic carbocycles. The molecular weight excluding hydrogens is 288 g/mol. The van der Waals surface area contributed by atoms with Gasteiger partial charge >= 0.3 is 0 Å². The van der Waals surface area contributed by atoms with E-state index < -0.39 is 9.05 Å². The molecule has 0 bridgehead atoms. The van der Waals surface area contributed by atoms with Crippen LogP contribution >= 0.6 is 10.7 Å². The summed E-state index contributed by atoms with van der Waals surface area (Å²) in [6.07, 6.45) is 3.48. The highest BCUT2D eigenvalue weighted by molar-refractivity contribution is 8.13. The summed E-state index contributed by atoms with van der Waals surface area (Å²) >= 11 is 0. The molecule has 0 N–H and O–H groups in total. The second-order valence-corrected chi connectivity index (χ2v) is 6.77. The van der Waals surface area contributed by atoms with E-state index in [9.17, 15) is 8.42 Å². The van der Waals surface area contributed by atoms with Crippen molar-refractivity contribution in [2.45, 2.75) is 38.8 Å². The van der Waals surface area contributed by atoms with Crippen LogP contribution in [0.5, 0.6) is 0 Å². The number of halogens is 1. The quantitative estimate of drug-likeness (QED) is 0.806. The predicted octanol–water partition coefficient (Wildman–Crippen LogP) is 1.69. The maximum Gasteiger partial charge on any atom is 0.264 e. The molecule has 19 heavy (non-hydrogen) atoms. The monoisotopic (exact) mass is 302 g/mol. The Morgan fingerprint density at radius 3 is 2.58 bits per heavy atom. The van der Waals surface area contributed by atoms with E-state index in [2.05, 4.69) is 10.1 Å². The van der Waals surface area contributed by atoms with Gasteiger partial charge in [-0.3, -0.25) is 4.68 Å². The first kappa shape index (κ1) is 14.1. The molecule has 8 heteroatoms. The van der Waals surface area contributed by atoms with E-state index in [-0.39, 0.29) is 4.90 Å². The van der Waals surface area contributed by atoms with Crippen molar-refractivity contribution in [3.8, 4) is 0 Å². The van der Waals surface area contributed by atoms with Gasteiger partial charge in [0.15, 0.2) is 0 Å². The van der Waals surface area contributed by atoms with Crippen LogP contribution < -0.4 is 0 Å². The molecule has 104 valence electrons. The van der Waals surface area contributed by atoms with E-state index in [1.54, 1.807) is 31.1 Å². The average Bonchev–Trinajstić information content (AvgIpc) is 2.83. The van der Waals surface area contributed by atoms with Crippen LogP contribution in [-0.4, -0.2) is 27.7 Å². The molecule has 0 aliphatic carbocycles. The summed E-state index contributed by atoms with van der Waals surface area (Å²) in [5.41, 5.74) is 1.91. The Morgan fingerprint density at radius 2 is 2.05 bits per heavy atom. The zero-order valence-electron chi connectivity index (χ0n) is 11.0. The van der Waals surface area contributed by atoms with Crippen LogP contribution in [-0.2, 0) is 22.1 Å². The van der Waals surface area contributed by atoms with E-state index in [4.69, 9.17) is 10.7 Å². The van der Waals surface area contributed by atoms with Gasteiger partial charge < -0.3 is 4.57 Å². The maximum atomic E-state index is 11.5. The summed E-state index contributed by atoms with van der Waals surface area (Å²) < 4.78 is 26.6. The Balaban J connectivity index is 2.43. The number of imidazole rings is 1. The molecule has 2 aromatic rings. The molecule has 0 amide bonds. The molecule has 0 unspecified atom stereocenters. The molecule has 0 radical (unpaired) electrons. The van der Waals surface area contributed by atoms with Crippen molar-refractivity contribution in [3.05, 3.63) is 29.6 Å². The Bertz CT molecular complexity index is 702. The van der Waals surface area contributed by atoms with Crippen molar-refractivity contribution in [2.75, 3.05) is 0 Å². The van der Waals surface area contributed by atoms with Gasteiger partial charge in [0.1, 0.15) is 4.90 Å². The number of hydrogen-bond donors (Lipinski definition) is 0. The lowest BCUT2D eigenvalue weighted by Gasteiger charge is -2.07. The smallest absolute Gasteiger partial charge is 0.264 e. The van der Waals surface area contributed by atoms with Crippen LogP contribution in [0.3, 0.4) is 0 Å². The normalized spacial score (nSPS) is 12.0. The molecular formula is C11H15ClN4O2S. The van der Waals surface area contributed by atoms with Crippen molar-refractivity contribution >= 4 is 19.7 Å². The van der Waals surface area contributed by atoms with Crippen molar-refractivity contribution < 1.29 is 8.42 Å². The fourth-order valence-electron chi connectivity index (χ4n) is 2.11. The Morgan fingerprint density at radius 1 is 1.37 bits per heavy atom. The first-order valence-electron chi connectivity index (χ1n) is 5.82. The third kappa shape index (κ3) is 2.66. The highest BCUT2D eigenvalue weighted by Gasteiger charge is 2.22. The molecule has 0 aliphatic rings. The SMILES string of the molecule is CCn1cncc1Cn1nc(C)c(S(=O)(=O)Cl)c1C. The molecule has 2 rings (SSSR count). The van der Waals surface area contributed by atoms with Gasteiger partial charge in [-0.1, -0.05) is 0 Å².